The van der Waals surface area contributed by atoms with Crippen LogP contribution in [0.5, 0.6) is 0 Å². The summed E-state index contributed by atoms with van der Waals surface area (Å²) in [5.41, 5.74) is 0. The highest BCUT2D eigenvalue weighted by molar-refractivity contribution is 6.17. The summed E-state index contributed by atoms with van der Waals surface area (Å²) in [6.07, 6.45) is 4.20. The summed E-state index contributed by atoms with van der Waals surface area (Å²) in [6, 6.07) is 0. The number of nitrogens with zero attached hydrogens (tertiary/aromatic N) is 2. The number of rotatable bonds is 6. The third-order valence-corrected chi connectivity index (χ3v) is 3.06. The number of aromatic nitrogens is 2. The summed E-state index contributed by atoms with van der Waals surface area (Å²) in [5.74, 6) is 2.55. The first-order chi connectivity index (χ1) is 7.81. The highest BCUT2D eigenvalue weighted by Gasteiger charge is 2.30. The van der Waals surface area contributed by atoms with Gasteiger partial charge in [-0.2, -0.15) is 0 Å². The molecule has 1 aromatic rings. The average molecular weight is 245 g/mol. The number of aryl methyl sites for hydroxylation is 1. The first-order valence-corrected chi connectivity index (χ1v) is 6.34. The Morgan fingerprint density at radius 1 is 1.38 bits per heavy atom. The second-order valence-electron chi connectivity index (χ2n) is 4.15. The van der Waals surface area contributed by atoms with E-state index in [0.717, 1.165) is 31.8 Å². The Morgan fingerprint density at radius 3 is 2.81 bits per heavy atom. The molecular weight excluding hydrogens is 228 g/mol. The molecule has 4 nitrogen and oxygen atoms in total. The van der Waals surface area contributed by atoms with Gasteiger partial charge in [-0.1, -0.05) is 0 Å². The van der Waals surface area contributed by atoms with Crippen molar-refractivity contribution in [3.63, 3.8) is 0 Å². The third kappa shape index (κ3) is 2.95. The average Bonchev–Trinajstić information content (AvgIpc) is 2.63. The molecule has 1 saturated carbocycles. The maximum Gasteiger partial charge on any atom is 0.217 e. The lowest BCUT2D eigenvalue weighted by Gasteiger charge is -2.33. The molecular formula is C11H17ClN2O2. The van der Waals surface area contributed by atoms with E-state index < -0.39 is 0 Å². The minimum Gasteiger partial charge on any atom is -0.425 e. The van der Waals surface area contributed by atoms with Gasteiger partial charge in [0.05, 0.1) is 6.10 Å². The summed E-state index contributed by atoms with van der Waals surface area (Å²) < 4.78 is 11.0. The molecule has 2 rings (SSSR count). The van der Waals surface area contributed by atoms with E-state index in [2.05, 4.69) is 10.2 Å². The predicted octanol–water partition coefficient (Wildman–Crippen LogP) is 2.21. The molecule has 0 N–H and O–H groups in total. The fourth-order valence-corrected chi connectivity index (χ4v) is 2.17. The molecule has 1 aliphatic carbocycles. The van der Waals surface area contributed by atoms with Crippen LogP contribution in [0.4, 0.5) is 0 Å². The van der Waals surface area contributed by atoms with Crippen molar-refractivity contribution in [2.75, 3.05) is 12.5 Å². The Labute approximate surface area is 100 Å². The van der Waals surface area contributed by atoms with Gasteiger partial charge in [-0.15, -0.1) is 21.8 Å². The Morgan fingerprint density at radius 2 is 2.12 bits per heavy atom. The van der Waals surface area contributed by atoms with Gasteiger partial charge in [0.15, 0.2) is 0 Å². The molecule has 1 aliphatic rings. The molecule has 5 heteroatoms. The topological polar surface area (TPSA) is 48.2 Å². The van der Waals surface area contributed by atoms with Crippen molar-refractivity contribution in [1.82, 2.24) is 10.2 Å². The van der Waals surface area contributed by atoms with Crippen LogP contribution in [-0.4, -0.2) is 28.8 Å². The van der Waals surface area contributed by atoms with Crippen LogP contribution in [0.3, 0.4) is 0 Å². The van der Waals surface area contributed by atoms with Crippen LogP contribution in [0.15, 0.2) is 4.42 Å². The van der Waals surface area contributed by atoms with Gasteiger partial charge in [0.25, 0.3) is 0 Å². The van der Waals surface area contributed by atoms with Gasteiger partial charge in [0.2, 0.25) is 11.8 Å². The standard InChI is InChI=1S/C11H17ClN2O2/c1-2-15-9-5-8(6-9)7-11-14-13-10(16-11)3-4-12/h8-9H,2-7H2,1H3. The van der Waals surface area contributed by atoms with Crippen LogP contribution in [-0.2, 0) is 17.6 Å². The van der Waals surface area contributed by atoms with Crippen LogP contribution in [0, 0.1) is 5.92 Å². The molecule has 16 heavy (non-hydrogen) atoms. The van der Waals surface area contributed by atoms with Crippen LogP contribution in [0.2, 0.25) is 0 Å². The van der Waals surface area contributed by atoms with E-state index in [1.165, 1.54) is 0 Å². The van der Waals surface area contributed by atoms with Gasteiger partial charge < -0.3 is 9.15 Å². The van der Waals surface area contributed by atoms with Crippen molar-refractivity contribution >= 4 is 11.6 Å². The number of hydrogen-bond acceptors (Lipinski definition) is 4. The summed E-state index contributed by atoms with van der Waals surface area (Å²) in [5, 5.41) is 7.95. The Bertz CT molecular complexity index is 324. The van der Waals surface area contributed by atoms with Gasteiger partial charge in [-0.05, 0) is 25.7 Å². The lowest BCUT2D eigenvalue weighted by molar-refractivity contribution is -0.0255. The maximum absolute atomic E-state index is 5.60. The lowest BCUT2D eigenvalue weighted by Crippen LogP contribution is -2.32. The first-order valence-electron chi connectivity index (χ1n) is 5.80. The van der Waals surface area contributed by atoms with Crippen molar-refractivity contribution < 1.29 is 9.15 Å². The molecule has 0 saturated heterocycles. The van der Waals surface area contributed by atoms with Crippen molar-refractivity contribution in [3.05, 3.63) is 11.8 Å². The quantitative estimate of drug-likeness (QED) is 0.720. The van der Waals surface area contributed by atoms with Crippen LogP contribution in [0.1, 0.15) is 31.5 Å². The van der Waals surface area contributed by atoms with Crippen LogP contribution in [0.25, 0.3) is 0 Å². The van der Waals surface area contributed by atoms with Gasteiger partial charge >= 0.3 is 0 Å². The molecule has 1 heterocycles. The normalized spacial score (nSPS) is 24.4. The predicted molar refractivity (Wildman–Crippen MR) is 60.6 cm³/mol. The molecule has 0 spiro atoms. The van der Waals surface area contributed by atoms with Crippen LogP contribution < -0.4 is 0 Å². The number of alkyl halides is 1. The highest BCUT2D eigenvalue weighted by atomic mass is 35.5. The monoisotopic (exact) mass is 244 g/mol. The summed E-state index contributed by atoms with van der Waals surface area (Å²) >= 11 is 5.60. The second kappa shape index (κ2) is 5.64. The summed E-state index contributed by atoms with van der Waals surface area (Å²) in [4.78, 5) is 0. The number of halogens is 1. The summed E-state index contributed by atoms with van der Waals surface area (Å²) in [6.45, 7) is 2.83. The van der Waals surface area contributed by atoms with E-state index in [4.69, 9.17) is 20.8 Å². The van der Waals surface area contributed by atoms with E-state index in [1.54, 1.807) is 0 Å². The molecule has 0 unspecified atom stereocenters. The van der Waals surface area contributed by atoms with E-state index in [0.29, 0.717) is 30.2 Å². The molecule has 0 atom stereocenters. The molecule has 1 aromatic heterocycles. The molecule has 1 fully saturated rings. The van der Waals surface area contributed by atoms with E-state index in [9.17, 15) is 0 Å². The molecule has 0 radical (unpaired) electrons. The SMILES string of the molecule is CCOC1CC(Cc2nnc(CCCl)o2)C1. The first kappa shape index (κ1) is 11.9. The lowest BCUT2D eigenvalue weighted by atomic mass is 9.80. The van der Waals surface area contributed by atoms with Gasteiger partial charge in [-0.3, -0.25) is 0 Å². The van der Waals surface area contributed by atoms with Gasteiger partial charge in [0.1, 0.15) is 0 Å². The zero-order chi connectivity index (χ0) is 11.4. The van der Waals surface area contributed by atoms with Crippen LogP contribution >= 0.6 is 11.6 Å². The molecule has 90 valence electrons. The summed E-state index contributed by atoms with van der Waals surface area (Å²) in [7, 11) is 0. The van der Waals surface area contributed by atoms with E-state index in [-0.39, 0.29) is 0 Å². The smallest absolute Gasteiger partial charge is 0.217 e. The largest absolute Gasteiger partial charge is 0.425 e. The Hall–Kier alpha value is -0.610. The Kier molecular flexibility index (Phi) is 4.18. The van der Waals surface area contributed by atoms with Crippen molar-refractivity contribution in [3.8, 4) is 0 Å². The minimum atomic E-state index is 0.445. The third-order valence-electron chi connectivity index (χ3n) is 2.88. The highest BCUT2D eigenvalue weighted by Crippen LogP contribution is 2.32. The van der Waals surface area contributed by atoms with Crippen molar-refractivity contribution in [2.45, 2.75) is 38.7 Å². The zero-order valence-electron chi connectivity index (χ0n) is 9.49. The second-order valence-corrected chi connectivity index (χ2v) is 4.53. The van der Waals surface area contributed by atoms with E-state index in [1.807, 2.05) is 6.92 Å². The fraction of sp³-hybridized carbons (Fsp3) is 0.818. The molecule has 0 aliphatic heterocycles. The maximum atomic E-state index is 5.60. The minimum absolute atomic E-state index is 0.445. The number of hydrogen-bond donors (Lipinski definition) is 0. The van der Waals surface area contributed by atoms with Crippen molar-refractivity contribution in [1.29, 1.82) is 0 Å². The van der Waals surface area contributed by atoms with Gasteiger partial charge in [0, 0.05) is 25.3 Å². The Balaban J connectivity index is 1.73. The zero-order valence-corrected chi connectivity index (χ0v) is 10.2. The number of ether oxygens (including phenoxy) is 1. The van der Waals surface area contributed by atoms with E-state index >= 15 is 0 Å². The molecule has 0 amide bonds. The van der Waals surface area contributed by atoms with Gasteiger partial charge in [-0.25, -0.2) is 0 Å². The fourth-order valence-electron chi connectivity index (χ4n) is 2.01. The molecule has 0 aromatic carbocycles. The molecule has 0 bridgehead atoms. The van der Waals surface area contributed by atoms with Crippen molar-refractivity contribution in [2.24, 2.45) is 5.92 Å².